The molecule has 1 aromatic rings. The SMILES string of the molecule is CCSC(=O)/C=C/CC/C=C/S(=O)(=O)c1ccc([N+](=O)[O-])cc1. The first-order chi connectivity index (χ1) is 10.9. The maximum absolute atomic E-state index is 12.0. The Labute approximate surface area is 139 Å². The second-order valence-corrected chi connectivity index (χ2v) is 7.50. The Morgan fingerprint density at radius 3 is 2.39 bits per heavy atom. The Kier molecular flexibility index (Phi) is 7.70. The number of unbranched alkanes of at least 4 members (excludes halogenated alkanes) is 1. The van der Waals surface area contributed by atoms with E-state index < -0.39 is 14.8 Å². The molecule has 0 unspecified atom stereocenters. The Hall–Kier alpha value is -1.93. The highest BCUT2D eigenvalue weighted by molar-refractivity contribution is 8.14. The van der Waals surface area contributed by atoms with Gasteiger partial charge in [-0.2, -0.15) is 0 Å². The molecule has 0 aliphatic carbocycles. The molecule has 1 rings (SSSR count). The molecule has 124 valence electrons. The summed E-state index contributed by atoms with van der Waals surface area (Å²) in [6.07, 6.45) is 5.72. The molecule has 0 aliphatic heterocycles. The average Bonchev–Trinajstić information content (AvgIpc) is 2.51. The number of non-ortho nitro benzene ring substituents is 1. The summed E-state index contributed by atoms with van der Waals surface area (Å²) < 4.78 is 24.0. The number of rotatable bonds is 8. The van der Waals surface area contributed by atoms with Crippen molar-refractivity contribution in [2.24, 2.45) is 0 Å². The Balaban J connectivity index is 2.57. The van der Waals surface area contributed by atoms with E-state index >= 15 is 0 Å². The molecule has 0 saturated heterocycles. The predicted octanol–water partition coefficient (Wildman–Crippen LogP) is 3.50. The van der Waals surface area contributed by atoms with Gasteiger partial charge in [0, 0.05) is 17.5 Å². The van der Waals surface area contributed by atoms with Gasteiger partial charge < -0.3 is 0 Å². The van der Waals surface area contributed by atoms with E-state index in [0.29, 0.717) is 12.8 Å². The van der Waals surface area contributed by atoms with Crippen molar-refractivity contribution in [1.82, 2.24) is 0 Å². The molecule has 8 heteroatoms. The summed E-state index contributed by atoms with van der Waals surface area (Å²) in [5.41, 5.74) is -0.160. The molecule has 23 heavy (non-hydrogen) atoms. The summed E-state index contributed by atoms with van der Waals surface area (Å²) in [5.74, 6) is 0.719. The molecule has 0 N–H and O–H groups in total. The van der Waals surface area contributed by atoms with Crippen molar-refractivity contribution < 1.29 is 18.1 Å². The largest absolute Gasteiger partial charge is 0.282 e. The van der Waals surface area contributed by atoms with Crippen LogP contribution in [0.5, 0.6) is 0 Å². The maximum atomic E-state index is 12.0. The molecule has 0 fully saturated rings. The summed E-state index contributed by atoms with van der Waals surface area (Å²) in [6.45, 7) is 1.89. The van der Waals surface area contributed by atoms with Crippen molar-refractivity contribution in [3.05, 3.63) is 58.0 Å². The van der Waals surface area contributed by atoms with Crippen LogP contribution in [0.25, 0.3) is 0 Å². The van der Waals surface area contributed by atoms with Crippen LogP contribution in [0.1, 0.15) is 19.8 Å². The molecule has 6 nitrogen and oxygen atoms in total. The van der Waals surface area contributed by atoms with E-state index in [9.17, 15) is 23.3 Å². The molecule has 0 saturated carbocycles. The number of sulfone groups is 1. The van der Waals surface area contributed by atoms with Gasteiger partial charge in [0.05, 0.1) is 9.82 Å². The maximum Gasteiger partial charge on any atom is 0.269 e. The van der Waals surface area contributed by atoms with Gasteiger partial charge >= 0.3 is 0 Å². The van der Waals surface area contributed by atoms with Gasteiger partial charge in [0.25, 0.3) is 5.69 Å². The molecular weight excluding hydrogens is 338 g/mol. The van der Waals surface area contributed by atoms with Crippen LogP contribution in [0.2, 0.25) is 0 Å². The van der Waals surface area contributed by atoms with Gasteiger partial charge in [-0.25, -0.2) is 8.42 Å². The van der Waals surface area contributed by atoms with Crippen LogP contribution < -0.4 is 0 Å². The zero-order valence-electron chi connectivity index (χ0n) is 12.5. The highest BCUT2D eigenvalue weighted by atomic mass is 32.2. The molecule has 0 aromatic heterocycles. The van der Waals surface area contributed by atoms with E-state index in [1.54, 1.807) is 6.08 Å². The lowest BCUT2D eigenvalue weighted by atomic mass is 10.3. The number of thioether (sulfide) groups is 1. The third-order valence-electron chi connectivity index (χ3n) is 2.69. The van der Waals surface area contributed by atoms with Gasteiger partial charge in [0.15, 0.2) is 9.84 Å². The number of hydrogen-bond donors (Lipinski definition) is 0. The van der Waals surface area contributed by atoms with E-state index in [1.807, 2.05) is 6.92 Å². The van der Waals surface area contributed by atoms with Crippen LogP contribution in [0.4, 0.5) is 5.69 Å². The smallest absolute Gasteiger partial charge is 0.269 e. The third kappa shape index (κ3) is 6.79. The van der Waals surface area contributed by atoms with Crippen LogP contribution in [-0.4, -0.2) is 24.2 Å². The molecule has 0 bridgehead atoms. The first-order valence-electron chi connectivity index (χ1n) is 6.86. The van der Waals surface area contributed by atoms with Gasteiger partial charge in [0.1, 0.15) is 0 Å². The molecule has 0 radical (unpaired) electrons. The first-order valence-corrected chi connectivity index (χ1v) is 9.39. The number of benzene rings is 1. The number of carbonyl (C=O) groups is 1. The Morgan fingerprint density at radius 2 is 1.83 bits per heavy atom. The zero-order valence-corrected chi connectivity index (χ0v) is 14.2. The van der Waals surface area contributed by atoms with E-state index in [-0.39, 0.29) is 15.7 Å². The number of allylic oxidation sites excluding steroid dienone is 2. The van der Waals surface area contributed by atoms with E-state index in [1.165, 1.54) is 36.0 Å². The van der Waals surface area contributed by atoms with Crippen molar-refractivity contribution in [1.29, 1.82) is 0 Å². The predicted molar refractivity (Wildman–Crippen MR) is 90.9 cm³/mol. The summed E-state index contributed by atoms with van der Waals surface area (Å²) in [6, 6.07) is 4.72. The third-order valence-corrected chi connectivity index (χ3v) is 4.88. The molecule has 0 heterocycles. The lowest BCUT2D eigenvalue weighted by Crippen LogP contribution is -1.96. The van der Waals surface area contributed by atoms with Crippen LogP contribution in [-0.2, 0) is 14.6 Å². The minimum atomic E-state index is -3.61. The fraction of sp³-hybridized carbons (Fsp3) is 0.267. The van der Waals surface area contributed by atoms with Crippen LogP contribution in [0.3, 0.4) is 0 Å². The lowest BCUT2D eigenvalue weighted by molar-refractivity contribution is -0.384. The first kappa shape index (κ1) is 19.1. The van der Waals surface area contributed by atoms with Crippen LogP contribution in [0, 0.1) is 10.1 Å². The minimum absolute atomic E-state index is 0.00409. The molecular formula is C15H17NO5S2. The fourth-order valence-corrected chi connectivity index (χ4v) is 3.13. The van der Waals surface area contributed by atoms with Crippen molar-refractivity contribution in [3.63, 3.8) is 0 Å². The number of nitro benzene ring substituents is 1. The molecule has 0 atom stereocenters. The van der Waals surface area contributed by atoms with Gasteiger partial charge in [0.2, 0.25) is 5.12 Å². The standard InChI is InChI=1S/C15H17NO5S2/c1-2-22-15(17)7-5-3-4-6-12-23(20,21)14-10-8-13(9-11-14)16(18)19/h5-12H,2-4H2,1H3/b7-5+,12-6+. The summed E-state index contributed by atoms with van der Waals surface area (Å²) >= 11 is 1.21. The number of carbonyl (C=O) groups excluding carboxylic acids is 1. The summed E-state index contributed by atoms with van der Waals surface area (Å²) in [7, 11) is -3.61. The van der Waals surface area contributed by atoms with E-state index in [4.69, 9.17) is 0 Å². The number of hydrogen-bond acceptors (Lipinski definition) is 6. The molecule has 0 amide bonds. The van der Waals surface area contributed by atoms with Gasteiger partial charge in [-0.1, -0.05) is 30.8 Å². The zero-order chi connectivity index (χ0) is 17.3. The molecule has 0 aliphatic rings. The van der Waals surface area contributed by atoms with Crippen molar-refractivity contribution >= 4 is 32.4 Å². The normalized spacial score (nSPS) is 12.0. The van der Waals surface area contributed by atoms with E-state index in [2.05, 4.69) is 0 Å². The van der Waals surface area contributed by atoms with Crippen LogP contribution >= 0.6 is 11.8 Å². The highest BCUT2D eigenvalue weighted by Gasteiger charge is 2.12. The van der Waals surface area contributed by atoms with E-state index in [0.717, 1.165) is 23.3 Å². The quantitative estimate of drug-likeness (QED) is 0.306. The highest BCUT2D eigenvalue weighted by Crippen LogP contribution is 2.17. The minimum Gasteiger partial charge on any atom is -0.282 e. The lowest BCUT2D eigenvalue weighted by Gasteiger charge is -1.98. The Bertz CT molecular complexity index is 706. The second kappa shape index (κ2) is 9.26. The number of nitrogens with zero attached hydrogens (tertiary/aromatic N) is 1. The van der Waals surface area contributed by atoms with Crippen molar-refractivity contribution in [2.45, 2.75) is 24.7 Å². The summed E-state index contributed by atoms with van der Waals surface area (Å²) in [5, 5.41) is 11.6. The summed E-state index contributed by atoms with van der Waals surface area (Å²) in [4.78, 5) is 21.2. The number of nitro groups is 1. The molecule has 0 spiro atoms. The van der Waals surface area contributed by atoms with Crippen LogP contribution in [0.15, 0.2) is 52.8 Å². The van der Waals surface area contributed by atoms with Gasteiger partial charge in [-0.3, -0.25) is 14.9 Å². The second-order valence-electron chi connectivity index (χ2n) is 4.40. The monoisotopic (exact) mass is 355 g/mol. The van der Waals surface area contributed by atoms with Crippen molar-refractivity contribution in [2.75, 3.05) is 5.75 Å². The van der Waals surface area contributed by atoms with Gasteiger partial charge in [-0.05, 0) is 36.8 Å². The Morgan fingerprint density at radius 1 is 1.22 bits per heavy atom. The van der Waals surface area contributed by atoms with Gasteiger partial charge in [-0.15, -0.1) is 0 Å². The topological polar surface area (TPSA) is 94.3 Å². The average molecular weight is 355 g/mol. The molecule has 1 aromatic carbocycles. The van der Waals surface area contributed by atoms with Crippen molar-refractivity contribution in [3.8, 4) is 0 Å². The fourth-order valence-electron chi connectivity index (χ4n) is 1.59.